The van der Waals surface area contributed by atoms with E-state index >= 15 is 0 Å². The van der Waals surface area contributed by atoms with Crippen LogP contribution in [0.25, 0.3) is 0 Å². The molecule has 1 amide bonds. The molecule has 140 valence electrons. The minimum atomic E-state index is -0.102. The highest BCUT2D eigenvalue weighted by Crippen LogP contribution is 2.27. The van der Waals surface area contributed by atoms with Crippen LogP contribution in [0, 0.1) is 13.8 Å². The molecule has 2 aromatic rings. The lowest BCUT2D eigenvalue weighted by atomic mass is 10.1. The summed E-state index contributed by atoms with van der Waals surface area (Å²) in [7, 11) is 3.13. The summed E-state index contributed by atoms with van der Waals surface area (Å²) < 4.78 is 15.7. The van der Waals surface area contributed by atoms with Gasteiger partial charge >= 0.3 is 0 Å². The maximum atomic E-state index is 12.5. The average molecular weight is 359 g/mol. The van der Waals surface area contributed by atoms with E-state index in [1.807, 2.05) is 13.8 Å². The largest absolute Gasteiger partial charge is 0.493 e. The van der Waals surface area contributed by atoms with Crippen molar-refractivity contribution in [2.75, 3.05) is 27.3 Å². The predicted octanol–water partition coefficient (Wildman–Crippen LogP) is 2.31. The molecule has 1 saturated heterocycles. The van der Waals surface area contributed by atoms with E-state index in [0.717, 1.165) is 43.1 Å². The number of hydrogen-bond donors (Lipinski definition) is 1. The van der Waals surface area contributed by atoms with Crippen LogP contribution in [0.2, 0.25) is 0 Å². The maximum Gasteiger partial charge on any atom is 0.251 e. The number of carbonyl (C=O) groups is 1. The zero-order valence-electron chi connectivity index (χ0n) is 15.7. The van der Waals surface area contributed by atoms with Gasteiger partial charge in [0.25, 0.3) is 5.91 Å². The number of aryl methyl sites for hydroxylation is 2. The van der Waals surface area contributed by atoms with E-state index in [-0.39, 0.29) is 11.9 Å². The monoisotopic (exact) mass is 359 g/mol. The molecule has 1 aliphatic heterocycles. The summed E-state index contributed by atoms with van der Waals surface area (Å²) in [5.41, 5.74) is 2.63. The van der Waals surface area contributed by atoms with Crippen LogP contribution < -0.4 is 14.8 Å². The molecule has 1 atom stereocenters. The Morgan fingerprint density at radius 1 is 1.31 bits per heavy atom. The van der Waals surface area contributed by atoms with Crippen LogP contribution in [0.3, 0.4) is 0 Å². The van der Waals surface area contributed by atoms with E-state index in [1.54, 1.807) is 32.4 Å². The van der Waals surface area contributed by atoms with Crippen molar-refractivity contribution in [3.63, 3.8) is 0 Å². The number of methoxy groups -OCH3 is 2. The normalized spacial score (nSPS) is 17.3. The number of nitrogens with zero attached hydrogens (tertiary/aromatic N) is 2. The highest BCUT2D eigenvalue weighted by atomic mass is 16.5. The average Bonchev–Trinajstić information content (AvgIpc) is 3.22. The van der Waals surface area contributed by atoms with E-state index in [0.29, 0.717) is 17.1 Å². The van der Waals surface area contributed by atoms with Crippen molar-refractivity contribution >= 4 is 5.91 Å². The summed E-state index contributed by atoms with van der Waals surface area (Å²) in [5.74, 6) is 1.91. The van der Waals surface area contributed by atoms with E-state index in [4.69, 9.17) is 14.0 Å². The van der Waals surface area contributed by atoms with Crippen LogP contribution in [0.5, 0.6) is 11.5 Å². The fourth-order valence-electron chi connectivity index (χ4n) is 3.29. The zero-order valence-corrected chi connectivity index (χ0v) is 15.7. The lowest BCUT2D eigenvalue weighted by Crippen LogP contribution is -2.37. The number of benzene rings is 1. The first-order valence-electron chi connectivity index (χ1n) is 8.68. The number of amides is 1. The molecule has 0 saturated carbocycles. The highest BCUT2D eigenvalue weighted by Gasteiger charge is 2.26. The topological polar surface area (TPSA) is 76.8 Å². The van der Waals surface area contributed by atoms with Crippen LogP contribution >= 0.6 is 0 Å². The number of rotatable bonds is 6. The van der Waals surface area contributed by atoms with Crippen molar-refractivity contribution in [3.8, 4) is 11.5 Å². The molecule has 2 heterocycles. The Balaban J connectivity index is 1.59. The molecule has 0 bridgehead atoms. The molecular formula is C19H25N3O4. The Kier molecular flexibility index (Phi) is 5.46. The van der Waals surface area contributed by atoms with E-state index < -0.39 is 0 Å². The Morgan fingerprint density at radius 2 is 2.08 bits per heavy atom. The Morgan fingerprint density at radius 3 is 2.73 bits per heavy atom. The molecule has 1 N–H and O–H groups in total. The minimum Gasteiger partial charge on any atom is -0.493 e. The summed E-state index contributed by atoms with van der Waals surface area (Å²) in [4.78, 5) is 14.9. The van der Waals surface area contributed by atoms with Gasteiger partial charge in [-0.25, -0.2) is 0 Å². The van der Waals surface area contributed by atoms with Gasteiger partial charge in [0.05, 0.1) is 19.9 Å². The third-order valence-electron chi connectivity index (χ3n) is 4.82. The lowest BCUT2D eigenvalue weighted by molar-refractivity contribution is 0.0937. The smallest absolute Gasteiger partial charge is 0.251 e. The quantitative estimate of drug-likeness (QED) is 0.853. The summed E-state index contributed by atoms with van der Waals surface area (Å²) in [6.45, 7) is 6.42. The second-order valence-electron chi connectivity index (χ2n) is 6.57. The molecule has 0 spiro atoms. The summed E-state index contributed by atoms with van der Waals surface area (Å²) in [6, 6.07) is 5.31. The Labute approximate surface area is 153 Å². The SMILES string of the molecule is COc1ccc(C(=O)N[C@@H]2CCN(Cc3c(C)noc3C)C2)cc1OC. The van der Waals surface area contributed by atoms with Crippen molar-refractivity contribution in [1.82, 2.24) is 15.4 Å². The molecule has 1 aromatic heterocycles. The lowest BCUT2D eigenvalue weighted by Gasteiger charge is -2.17. The maximum absolute atomic E-state index is 12.5. The third kappa shape index (κ3) is 3.83. The van der Waals surface area contributed by atoms with Crippen LogP contribution in [0.1, 0.15) is 33.8 Å². The molecule has 7 heteroatoms. The third-order valence-corrected chi connectivity index (χ3v) is 4.82. The molecule has 0 aliphatic carbocycles. The standard InChI is InChI=1S/C19H25N3O4/c1-12-16(13(2)26-21-12)11-22-8-7-15(10-22)20-19(23)14-5-6-17(24-3)18(9-14)25-4/h5-6,9,15H,7-8,10-11H2,1-4H3,(H,20,23)/t15-/m1/s1. The van der Waals surface area contributed by atoms with Gasteiger partial charge in [-0.05, 0) is 38.5 Å². The molecule has 3 rings (SSSR count). The second-order valence-corrected chi connectivity index (χ2v) is 6.57. The van der Waals surface area contributed by atoms with Gasteiger partial charge in [0.1, 0.15) is 5.76 Å². The van der Waals surface area contributed by atoms with Gasteiger partial charge in [-0.3, -0.25) is 9.69 Å². The number of likely N-dealkylation sites (tertiary alicyclic amines) is 1. The van der Waals surface area contributed by atoms with Crippen molar-refractivity contribution in [2.24, 2.45) is 0 Å². The number of carbonyl (C=O) groups excluding carboxylic acids is 1. The summed E-state index contributed by atoms with van der Waals surface area (Å²) >= 11 is 0. The highest BCUT2D eigenvalue weighted by molar-refractivity contribution is 5.95. The van der Waals surface area contributed by atoms with E-state index in [1.165, 1.54) is 0 Å². The van der Waals surface area contributed by atoms with E-state index in [2.05, 4.69) is 15.4 Å². The van der Waals surface area contributed by atoms with Crippen LogP contribution in [0.4, 0.5) is 0 Å². The van der Waals surface area contributed by atoms with Gasteiger partial charge in [-0.15, -0.1) is 0 Å². The molecule has 0 unspecified atom stereocenters. The number of aromatic nitrogens is 1. The van der Waals surface area contributed by atoms with Gasteiger partial charge in [-0.1, -0.05) is 5.16 Å². The molecule has 1 aliphatic rings. The van der Waals surface area contributed by atoms with Gasteiger partial charge in [0, 0.05) is 36.8 Å². The number of nitrogens with one attached hydrogen (secondary N) is 1. The van der Waals surface area contributed by atoms with Crippen LogP contribution in [0.15, 0.2) is 22.7 Å². The minimum absolute atomic E-state index is 0.102. The van der Waals surface area contributed by atoms with Crippen LogP contribution in [-0.4, -0.2) is 49.3 Å². The molecule has 26 heavy (non-hydrogen) atoms. The first kappa shape index (κ1) is 18.3. The Hall–Kier alpha value is -2.54. The molecular weight excluding hydrogens is 334 g/mol. The predicted molar refractivity (Wildman–Crippen MR) is 96.7 cm³/mol. The molecule has 1 aromatic carbocycles. The zero-order chi connectivity index (χ0) is 18.7. The van der Waals surface area contributed by atoms with E-state index in [9.17, 15) is 4.79 Å². The summed E-state index contributed by atoms with van der Waals surface area (Å²) in [5, 5.41) is 7.11. The van der Waals surface area contributed by atoms with Gasteiger partial charge in [-0.2, -0.15) is 0 Å². The summed E-state index contributed by atoms with van der Waals surface area (Å²) in [6.07, 6.45) is 0.919. The second kappa shape index (κ2) is 7.78. The van der Waals surface area contributed by atoms with Crippen molar-refractivity contribution in [3.05, 3.63) is 40.8 Å². The first-order valence-corrected chi connectivity index (χ1v) is 8.68. The number of hydrogen-bond acceptors (Lipinski definition) is 6. The van der Waals surface area contributed by atoms with Crippen molar-refractivity contribution in [2.45, 2.75) is 32.9 Å². The number of ether oxygens (including phenoxy) is 2. The molecule has 0 radical (unpaired) electrons. The fourth-order valence-corrected chi connectivity index (χ4v) is 3.29. The van der Waals surface area contributed by atoms with Crippen molar-refractivity contribution < 1.29 is 18.8 Å². The fraction of sp³-hybridized carbons (Fsp3) is 0.474. The molecule has 1 fully saturated rings. The molecule has 7 nitrogen and oxygen atoms in total. The van der Waals surface area contributed by atoms with Gasteiger partial charge < -0.3 is 19.3 Å². The first-order chi connectivity index (χ1) is 12.5. The van der Waals surface area contributed by atoms with Crippen molar-refractivity contribution in [1.29, 1.82) is 0 Å². The van der Waals surface area contributed by atoms with Gasteiger partial charge in [0.15, 0.2) is 11.5 Å². The van der Waals surface area contributed by atoms with Crippen LogP contribution in [-0.2, 0) is 6.54 Å². The van der Waals surface area contributed by atoms with Gasteiger partial charge in [0.2, 0.25) is 0 Å². The Bertz CT molecular complexity index is 768.